The molecule has 1 aliphatic rings. The van der Waals surface area contributed by atoms with Gasteiger partial charge >= 0.3 is 0 Å². The Labute approximate surface area is 150 Å². The minimum atomic E-state index is -0.268. The van der Waals surface area contributed by atoms with Crippen molar-refractivity contribution >= 4 is 11.6 Å². The molecule has 0 atom stereocenters. The van der Waals surface area contributed by atoms with Gasteiger partial charge in [0.1, 0.15) is 5.65 Å². The van der Waals surface area contributed by atoms with Crippen molar-refractivity contribution in [3.63, 3.8) is 0 Å². The fourth-order valence-electron chi connectivity index (χ4n) is 3.02. The first-order valence-electron chi connectivity index (χ1n) is 8.66. The lowest BCUT2D eigenvalue weighted by Crippen LogP contribution is -2.35. The van der Waals surface area contributed by atoms with Crippen molar-refractivity contribution in [3.8, 4) is 0 Å². The van der Waals surface area contributed by atoms with Gasteiger partial charge in [-0.15, -0.1) is 0 Å². The van der Waals surface area contributed by atoms with Crippen molar-refractivity contribution in [2.24, 2.45) is 0 Å². The minimum Gasteiger partial charge on any atom is -0.379 e. The molecule has 26 heavy (non-hydrogen) atoms. The summed E-state index contributed by atoms with van der Waals surface area (Å²) in [6.07, 6.45) is 1.93. The van der Waals surface area contributed by atoms with Crippen LogP contribution in [-0.4, -0.2) is 51.7 Å². The molecule has 1 N–H and O–H groups in total. The zero-order valence-corrected chi connectivity index (χ0v) is 14.6. The van der Waals surface area contributed by atoms with Gasteiger partial charge < -0.3 is 19.0 Å². The summed E-state index contributed by atoms with van der Waals surface area (Å²) in [6.45, 7) is 6.15. The van der Waals surface area contributed by atoms with E-state index < -0.39 is 0 Å². The molecule has 4 rings (SSSR count). The molecule has 1 amide bonds. The molecular weight excluding hydrogens is 334 g/mol. The summed E-state index contributed by atoms with van der Waals surface area (Å²) in [5.41, 5.74) is 3.04. The number of imidazole rings is 1. The maximum Gasteiger partial charge on any atom is 0.273 e. The van der Waals surface area contributed by atoms with Crippen LogP contribution in [0.5, 0.6) is 0 Å². The van der Waals surface area contributed by atoms with Crippen LogP contribution in [0.1, 0.15) is 27.6 Å². The third-order valence-electron chi connectivity index (χ3n) is 4.45. The van der Waals surface area contributed by atoms with Crippen molar-refractivity contribution in [2.45, 2.75) is 20.0 Å². The maximum atomic E-state index is 12.3. The predicted octanol–water partition coefficient (Wildman–Crippen LogP) is 1.39. The Morgan fingerprint density at radius 2 is 2.15 bits per heavy atom. The number of nitrogens with one attached hydrogen (secondary N) is 1. The highest BCUT2D eigenvalue weighted by Gasteiger charge is 2.17. The summed E-state index contributed by atoms with van der Waals surface area (Å²) in [6, 6.07) is 7.61. The first-order chi connectivity index (χ1) is 12.7. The van der Waals surface area contributed by atoms with E-state index in [1.54, 1.807) is 6.07 Å². The third kappa shape index (κ3) is 3.61. The number of amides is 1. The first kappa shape index (κ1) is 16.7. The Hall–Kier alpha value is -2.71. The van der Waals surface area contributed by atoms with Crippen LogP contribution in [0, 0.1) is 6.92 Å². The SMILES string of the molecule is Cc1cccc2nc(CNC(=O)c3cc(CN4CCOCC4)on3)cn12. The number of ether oxygens (including phenoxy) is 1. The molecule has 1 fully saturated rings. The van der Waals surface area contributed by atoms with Crippen molar-refractivity contribution in [2.75, 3.05) is 26.3 Å². The van der Waals surface area contributed by atoms with Crippen LogP contribution in [0.15, 0.2) is 35.0 Å². The molecule has 0 aromatic carbocycles. The summed E-state index contributed by atoms with van der Waals surface area (Å²) >= 11 is 0. The standard InChI is InChI=1S/C18H21N5O3/c1-13-3-2-4-17-20-14(11-23(13)17)10-19-18(24)16-9-15(26-21-16)12-22-5-7-25-8-6-22/h2-4,9,11H,5-8,10,12H2,1H3,(H,19,24). The van der Waals surface area contributed by atoms with E-state index in [1.807, 2.05) is 35.7 Å². The Morgan fingerprint density at radius 3 is 2.96 bits per heavy atom. The fourth-order valence-corrected chi connectivity index (χ4v) is 3.02. The molecule has 8 nitrogen and oxygen atoms in total. The smallest absolute Gasteiger partial charge is 0.273 e. The van der Waals surface area contributed by atoms with Crippen LogP contribution in [0.3, 0.4) is 0 Å². The zero-order chi connectivity index (χ0) is 17.9. The van der Waals surface area contributed by atoms with Crippen LogP contribution in [0.2, 0.25) is 0 Å². The van der Waals surface area contributed by atoms with E-state index in [-0.39, 0.29) is 11.6 Å². The topological polar surface area (TPSA) is 84.9 Å². The average molecular weight is 355 g/mol. The highest BCUT2D eigenvalue weighted by atomic mass is 16.5. The van der Waals surface area contributed by atoms with Crippen LogP contribution in [0.4, 0.5) is 0 Å². The number of hydrogen-bond donors (Lipinski definition) is 1. The van der Waals surface area contributed by atoms with Gasteiger partial charge in [-0.05, 0) is 19.1 Å². The number of carbonyl (C=O) groups is 1. The lowest BCUT2D eigenvalue weighted by atomic mass is 10.3. The molecule has 0 bridgehead atoms. The Kier molecular flexibility index (Phi) is 4.68. The number of pyridine rings is 1. The van der Waals surface area contributed by atoms with Crippen LogP contribution >= 0.6 is 0 Å². The molecule has 136 valence electrons. The van der Waals surface area contributed by atoms with E-state index in [2.05, 4.69) is 20.4 Å². The Bertz CT molecular complexity index is 911. The molecule has 0 radical (unpaired) electrons. The number of carbonyl (C=O) groups excluding carboxylic acids is 1. The van der Waals surface area contributed by atoms with Gasteiger partial charge in [-0.1, -0.05) is 11.2 Å². The molecule has 4 heterocycles. The minimum absolute atomic E-state index is 0.268. The molecule has 1 aliphatic heterocycles. The second-order valence-corrected chi connectivity index (χ2v) is 6.38. The summed E-state index contributed by atoms with van der Waals surface area (Å²) in [4.78, 5) is 19.0. The zero-order valence-electron chi connectivity index (χ0n) is 14.6. The van der Waals surface area contributed by atoms with Crippen molar-refractivity contribution in [3.05, 3.63) is 53.3 Å². The summed E-state index contributed by atoms with van der Waals surface area (Å²) in [7, 11) is 0. The lowest BCUT2D eigenvalue weighted by Gasteiger charge is -2.25. The molecule has 8 heteroatoms. The van der Waals surface area contributed by atoms with Crippen molar-refractivity contribution < 1.29 is 14.1 Å². The van der Waals surface area contributed by atoms with Crippen molar-refractivity contribution in [1.82, 2.24) is 24.8 Å². The molecule has 0 unspecified atom stereocenters. The van der Waals surface area contributed by atoms with Crippen LogP contribution < -0.4 is 5.32 Å². The molecule has 3 aromatic heterocycles. The monoisotopic (exact) mass is 355 g/mol. The van der Waals surface area contributed by atoms with Gasteiger partial charge in [0.15, 0.2) is 11.5 Å². The number of aryl methyl sites for hydroxylation is 1. The van der Waals surface area contributed by atoms with E-state index in [0.717, 1.165) is 43.3 Å². The largest absolute Gasteiger partial charge is 0.379 e. The molecule has 0 spiro atoms. The quantitative estimate of drug-likeness (QED) is 0.745. The van der Waals surface area contributed by atoms with Gasteiger partial charge in [0.05, 0.1) is 32.0 Å². The highest BCUT2D eigenvalue weighted by molar-refractivity contribution is 5.92. The number of rotatable bonds is 5. The Balaban J connectivity index is 1.36. The van der Waals surface area contributed by atoms with E-state index in [0.29, 0.717) is 18.8 Å². The van der Waals surface area contributed by atoms with Gasteiger partial charge in [0.2, 0.25) is 0 Å². The van der Waals surface area contributed by atoms with Gasteiger partial charge in [-0.25, -0.2) is 4.98 Å². The third-order valence-corrected chi connectivity index (χ3v) is 4.45. The summed E-state index contributed by atoms with van der Waals surface area (Å²) in [5, 5.41) is 6.72. The lowest BCUT2D eigenvalue weighted by molar-refractivity contribution is 0.0305. The molecule has 3 aromatic rings. The Morgan fingerprint density at radius 1 is 1.31 bits per heavy atom. The second kappa shape index (κ2) is 7.27. The summed E-state index contributed by atoms with van der Waals surface area (Å²) in [5.74, 6) is 0.413. The van der Waals surface area contributed by atoms with Gasteiger partial charge in [-0.3, -0.25) is 9.69 Å². The van der Waals surface area contributed by atoms with E-state index in [4.69, 9.17) is 9.26 Å². The van der Waals surface area contributed by atoms with Crippen molar-refractivity contribution in [1.29, 1.82) is 0 Å². The van der Waals surface area contributed by atoms with Gasteiger partial charge in [0.25, 0.3) is 5.91 Å². The molecule has 1 saturated heterocycles. The van der Waals surface area contributed by atoms with Gasteiger partial charge in [0, 0.05) is 31.0 Å². The van der Waals surface area contributed by atoms with Gasteiger partial charge in [-0.2, -0.15) is 0 Å². The highest BCUT2D eigenvalue weighted by Crippen LogP contribution is 2.11. The molecule has 0 aliphatic carbocycles. The fraction of sp³-hybridized carbons (Fsp3) is 0.389. The number of fused-ring (bicyclic) bond motifs is 1. The summed E-state index contributed by atoms with van der Waals surface area (Å²) < 4.78 is 12.6. The molecule has 0 saturated carbocycles. The first-order valence-corrected chi connectivity index (χ1v) is 8.66. The second-order valence-electron chi connectivity index (χ2n) is 6.38. The average Bonchev–Trinajstić information content (AvgIpc) is 3.28. The van der Waals surface area contributed by atoms with E-state index in [9.17, 15) is 4.79 Å². The number of nitrogens with zero attached hydrogens (tertiary/aromatic N) is 4. The maximum absolute atomic E-state index is 12.3. The van der Waals surface area contributed by atoms with Crippen LogP contribution in [0.25, 0.3) is 5.65 Å². The number of aromatic nitrogens is 3. The molecular formula is C18H21N5O3. The number of hydrogen-bond acceptors (Lipinski definition) is 6. The van der Waals surface area contributed by atoms with Crippen LogP contribution in [-0.2, 0) is 17.8 Å². The van der Waals surface area contributed by atoms with E-state index >= 15 is 0 Å². The predicted molar refractivity (Wildman–Crippen MR) is 93.7 cm³/mol. The number of morpholine rings is 1. The normalized spacial score (nSPS) is 15.4. The van der Waals surface area contributed by atoms with E-state index in [1.165, 1.54) is 0 Å².